The SMILES string of the molecule is O=C(O)Oc1cnn(-c2cccc3cccnc23)c1C1CC1. The van der Waals surface area contributed by atoms with Gasteiger partial charge in [-0.25, -0.2) is 9.48 Å². The number of rotatable bonds is 3. The molecule has 1 saturated carbocycles. The van der Waals surface area contributed by atoms with Crippen LogP contribution in [-0.4, -0.2) is 26.0 Å². The van der Waals surface area contributed by atoms with Gasteiger partial charge in [-0.05, 0) is 25.0 Å². The summed E-state index contributed by atoms with van der Waals surface area (Å²) in [6.45, 7) is 0. The third-order valence-corrected chi connectivity index (χ3v) is 3.77. The van der Waals surface area contributed by atoms with Gasteiger partial charge in [-0.1, -0.05) is 18.2 Å². The zero-order valence-corrected chi connectivity index (χ0v) is 11.6. The van der Waals surface area contributed by atoms with Crippen LogP contribution in [0.4, 0.5) is 4.79 Å². The lowest BCUT2D eigenvalue weighted by Gasteiger charge is -2.10. The molecule has 6 heteroatoms. The number of fused-ring (bicyclic) bond motifs is 1. The molecule has 1 fully saturated rings. The van der Waals surface area contributed by atoms with E-state index in [-0.39, 0.29) is 5.92 Å². The Morgan fingerprint density at radius 3 is 2.86 bits per heavy atom. The van der Waals surface area contributed by atoms with Crippen molar-refractivity contribution in [3.8, 4) is 11.4 Å². The first-order valence-corrected chi connectivity index (χ1v) is 7.07. The molecule has 3 aromatic rings. The minimum atomic E-state index is -1.32. The summed E-state index contributed by atoms with van der Waals surface area (Å²) < 4.78 is 6.63. The maximum absolute atomic E-state index is 10.9. The van der Waals surface area contributed by atoms with Crippen LogP contribution in [0.1, 0.15) is 24.5 Å². The molecule has 0 saturated heterocycles. The molecule has 1 aliphatic rings. The molecule has 2 heterocycles. The molecule has 1 aliphatic carbocycles. The lowest BCUT2D eigenvalue weighted by atomic mass is 10.2. The minimum absolute atomic E-state index is 0.288. The Kier molecular flexibility index (Phi) is 2.82. The van der Waals surface area contributed by atoms with Gasteiger partial charge in [0.05, 0.1) is 23.1 Å². The highest BCUT2D eigenvalue weighted by Crippen LogP contribution is 2.45. The predicted molar refractivity (Wildman–Crippen MR) is 79.5 cm³/mol. The molecule has 0 amide bonds. The van der Waals surface area contributed by atoms with E-state index in [0.29, 0.717) is 5.75 Å². The molecule has 110 valence electrons. The van der Waals surface area contributed by atoms with Crippen LogP contribution in [0.25, 0.3) is 16.6 Å². The van der Waals surface area contributed by atoms with Gasteiger partial charge in [-0.3, -0.25) is 4.98 Å². The second kappa shape index (κ2) is 4.84. The van der Waals surface area contributed by atoms with Crippen molar-refractivity contribution in [2.24, 2.45) is 0 Å². The van der Waals surface area contributed by atoms with Crippen LogP contribution in [0.3, 0.4) is 0 Å². The summed E-state index contributed by atoms with van der Waals surface area (Å²) in [6.07, 6.45) is 3.90. The van der Waals surface area contributed by atoms with E-state index in [2.05, 4.69) is 10.1 Å². The molecule has 22 heavy (non-hydrogen) atoms. The lowest BCUT2D eigenvalue weighted by molar-refractivity contribution is 0.144. The zero-order valence-electron chi connectivity index (χ0n) is 11.6. The van der Waals surface area contributed by atoms with E-state index in [9.17, 15) is 4.79 Å². The van der Waals surface area contributed by atoms with Crippen molar-refractivity contribution in [2.75, 3.05) is 0 Å². The van der Waals surface area contributed by atoms with Crippen molar-refractivity contribution in [2.45, 2.75) is 18.8 Å². The first-order chi connectivity index (χ1) is 10.7. The molecule has 0 spiro atoms. The van der Waals surface area contributed by atoms with Crippen molar-refractivity contribution in [3.05, 3.63) is 48.4 Å². The van der Waals surface area contributed by atoms with Gasteiger partial charge in [-0.2, -0.15) is 5.10 Å². The summed E-state index contributed by atoms with van der Waals surface area (Å²) in [5, 5.41) is 14.2. The topological polar surface area (TPSA) is 77.2 Å². The second-order valence-electron chi connectivity index (χ2n) is 5.30. The zero-order chi connectivity index (χ0) is 15.1. The third kappa shape index (κ3) is 2.09. The lowest BCUT2D eigenvalue weighted by Crippen LogP contribution is -2.07. The van der Waals surface area contributed by atoms with Crippen molar-refractivity contribution in [1.29, 1.82) is 0 Å². The second-order valence-corrected chi connectivity index (χ2v) is 5.30. The van der Waals surface area contributed by atoms with E-state index >= 15 is 0 Å². The highest BCUT2D eigenvalue weighted by molar-refractivity contribution is 5.86. The molecule has 6 nitrogen and oxygen atoms in total. The van der Waals surface area contributed by atoms with Crippen LogP contribution >= 0.6 is 0 Å². The van der Waals surface area contributed by atoms with Crippen LogP contribution < -0.4 is 4.74 Å². The fourth-order valence-corrected chi connectivity index (χ4v) is 2.70. The Morgan fingerprint density at radius 1 is 1.27 bits per heavy atom. The molecule has 0 bridgehead atoms. The first kappa shape index (κ1) is 12.8. The molecule has 0 unspecified atom stereocenters. The molecule has 4 rings (SSSR count). The number of benzene rings is 1. The smallest absolute Gasteiger partial charge is 0.449 e. The molecule has 1 aromatic carbocycles. The van der Waals surface area contributed by atoms with Gasteiger partial charge in [0.2, 0.25) is 0 Å². The van der Waals surface area contributed by atoms with E-state index < -0.39 is 6.16 Å². The van der Waals surface area contributed by atoms with E-state index in [1.165, 1.54) is 6.20 Å². The summed E-state index contributed by atoms with van der Waals surface area (Å²) in [5.41, 5.74) is 2.47. The van der Waals surface area contributed by atoms with Crippen molar-refractivity contribution in [3.63, 3.8) is 0 Å². The molecule has 0 aliphatic heterocycles. The van der Waals surface area contributed by atoms with Gasteiger partial charge in [-0.15, -0.1) is 0 Å². The monoisotopic (exact) mass is 295 g/mol. The number of pyridine rings is 1. The van der Waals surface area contributed by atoms with Gasteiger partial charge < -0.3 is 9.84 Å². The largest absolute Gasteiger partial charge is 0.511 e. The summed E-state index contributed by atoms with van der Waals surface area (Å²) in [7, 11) is 0. The highest BCUT2D eigenvalue weighted by Gasteiger charge is 2.32. The highest BCUT2D eigenvalue weighted by atomic mass is 16.7. The number of nitrogens with zero attached hydrogens (tertiary/aromatic N) is 3. The molecule has 0 radical (unpaired) electrons. The standard InChI is InChI=1S/C16H13N3O3/c20-16(21)22-13-9-18-19(15(13)11-6-7-11)12-5-1-3-10-4-2-8-17-14(10)12/h1-5,8-9,11H,6-7H2,(H,20,21). The van der Waals surface area contributed by atoms with Crippen LogP contribution in [0.2, 0.25) is 0 Å². The van der Waals surface area contributed by atoms with E-state index in [1.807, 2.05) is 30.3 Å². The van der Waals surface area contributed by atoms with E-state index in [0.717, 1.165) is 35.1 Å². The molecular formula is C16H13N3O3. The van der Waals surface area contributed by atoms with Crippen LogP contribution in [0, 0.1) is 0 Å². The number of ether oxygens (including phenoxy) is 1. The number of aromatic nitrogens is 3. The summed E-state index contributed by atoms with van der Waals surface area (Å²) in [4.78, 5) is 15.3. The van der Waals surface area contributed by atoms with Crippen molar-refractivity contribution >= 4 is 17.1 Å². The predicted octanol–water partition coefficient (Wildman–Crippen LogP) is 3.35. The Bertz CT molecular complexity index is 863. The van der Waals surface area contributed by atoms with Crippen LogP contribution in [0.15, 0.2) is 42.7 Å². The minimum Gasteiger partial charge on any atom is -0.449 e. The summed E-state index contributed by atoms with van der Waals surface area (Å²) in [5.74, 6) is 0.596. The third-order valence-electron chi connectivity index (χ3n) is 3.77. The van der Waals surface area contributed by atoms with Crippen LogP contribution in [0.5, 0.6) is 5.75 Å². The number of hydrogen-bond donors (Lipinski definition) is 1. The maximum Gasteiger partial charge on any atom is 0.511 e. The van der Waals surface area contributed by atoms with E-state index in [1.54, 1.807) is 10.9 Å². The Hall–Kier alpha value is -2.89. The van der Waals surface area contributed by atoms with Crippen molar-refractivity contribution in [1.82, 2.24) is 14.8 Å². The fourth-order valence-electron chi connectivity index (χ4n) is 2.70. The first-order valence-electron chi connectivity index (χ1n) is 7.07. The average Bonchev–Trinajstić information content (AvgIpc) is 3.28. The number of carbonyl (C=O) groups is 1. The average molecular weight is 295 g/mol. The Morgan fingerprint density at radius 2 is 2.09 bits per heavy atom. The number of hydrogen-bond acceptors (Lipinski definition) is 4. The van der Waals surface area contributed by atoms with Gasteiger partial charge in [0.1, 0.15) is 0 Å². The summed E-state index contributed by atoms with van der Waals surface area (Å²) >= 11 is 0. The molecular weight excluding hydrogens is 282 g/mol. The number of para-hydroxylation sites is 1. The van der Waals surface area contributed by atoms with Gasteiger partial charge in [0.25, 0.3) is 0 Å². The van der Waals surface area contributed by atoms with Crippen molar-refractivity contribution < 1.29 is 14.6 Å². The van der Waals surface area contributed by atoms with Crippen LogP contribution in [-0.2, 0) is 0 Å². The molecule has 2 aromatic heterocycles. The van der Waals surface area contributed by atoms with E-state index in [4.69, 9.17) is 9.84 Å². The molecule has 0 atom stereocenters. The van der Waals surface area contributed by atoms with Gasteiger partial charge in [0, 0.05) is 17.5 Å². The molecule has 1 N–H and O–H groups in total. The van der Waals surface area contributed by atoms with Gasteiger partial charge in [0.15, 0.2) is 5.75 Å². The quantitative estimate of drug-likeness (QED) is 0.750. The number of carboxylic acid groups (broad SMARTS) is 1. The Labute approximate surface area is 126 Å². The van der Waals surface area contributed by atoms with Gasteiger partial charge >= 0.3 is 6.16 Å². The fraction of sp³-hybridized carbons (Fsp3) is 0.188. The Balaban J connectivity index is 1.91. The normalized spacial score (nSPS) is 14.2. The maximum atomic E-state index is 10.9. The summed E-state index contributed by atoms with van der Waals surface area (Å²) in [6, 6.07) is 9.73.